The molecule has 1 aliphatic heterocycles. The van der Waals surface area contributed by atoms with Crippen LogP contribution in [0.5, 0.6) is 5.75 Å². The summed E-state index contributed by atoms with van der Waals surface area (Å²) in [5, 5.41) is 10.1. The molecular formula is C25H22BrF2N5O3. The van der Waals surface area contributed by atoms with E-state index >= 15 is 4.39 Å². The van der Waals surface area contributed by atoms with Crippen LogP contribution in [0.25, 0.3) is 16.8 Å². The number of nitrogens with zero attached hydrogens (tertiary/aromatic N) is 5. The van der Waals surface area contributed by atoms with E-state index in [9.17, 15) is 14.3 Å². The summed E-state index contributed by atoms with van der Waals surface area (Å²) in [4.78, 5) is 27.3. The Morgan fingerprint density at radius 3 is 2.53 bits per heavy atom. The van der Waals surface area contributed by atoms with Gasteiger partial charge in [0.05, 0.1) is 23.6 Å². The number of amides is 1. The largest absolute Gasteiger partial charge is 0.476 e. The van der Waals surface area contributed by atoms with Gasteiger partial charge in [0.1, 0.15) is 17.1 Å². The lowest BCUT2D eigenvalue weighted by molar-refractivity contribution is -0.125. The van der Waals surface area contributed by atoms with E-state index in [1.807, 2.05) is 0 Å². The van der Waals surface area contributed by atoms with Crippen LogP contribution in [0.3, 0.4) is 0 Å². The van der Waals surface area contributed by atoms with Gasteiger partial charge < -0.3 is 14.2 Å². The van der Waals surface area contributed by atoms with Gasteiger partial charge in [-0.3, -0.25) is 9.69 Å². The minimum absolute atomic E-state index is 0.00689. The molecule has 0 aliphatic carbocycles. The molecule has 1 atom stereocenters. The minimum Gasteiger partial charge on any atom is -0.476 e. The summed E-state index contributed by atoms with van der Waals surface area (Å²) < 4.78 is 37.4. The van der Waals surface area contributed by atoms with Gasteiger partial charge in [0.2, 0.25) is 0 Å². The molecule has 0 unspecified atom stereocenters. The number of hydrogen-bond acceptors (Lipinski definition) is 6. The maximum atomic E-state index is 15.1. The van der Waals surface area contributed by atoms with Crippen molar-refractivity contribution in [2.24, 2.45) is 0 Å². The minimum atomic E-state index is -1.23. The van der Waals surface area contributed by atoms with Crippen molar-refractivity contribution in [3.63, 3.8) is 0 Å². The van der Waals surface area contributed by atoms with Gasteiger partial charge in [-0.05, 0) is 39.8 Å². The number of halogens is 3. The van der Waals surface area contributed by atoms with Gasteiger partial charge in [0.15, 0.2) is 23.5 Å². The summed E-state index contributed by atoms with van der Waals surface area (Å²) in [5.74, 6) is -1.24. The van der Waals surface area contributed by atoms with Crippen molar-refractivity contribution >= 4 is 33.2 Å². The predicted molar refractivity (Wildman–Crippen MR) is 132 cm³/mol. The Morgan fingerprint density at radius 2 is 1.86 bits per heavy atom. The molecule has 1 amide bonds. The van der Waals surface area contributed by atoms with Crippen LogP contribution in [0.2, 0.25) is 0 Å². The summed E-state index contributed by atoms with van der Waals surface area (Å²) in [7, 11) is 0. The van der Waals surface area contributed by atoms with Crippen molar-refractivity contribution in [3.8, 4) is 16.9 Å². The summed E-state index contributed by atoms with van der Waals surface area (Å²) in [5.41, 5.74) is 1.25. The van der Waals surface area contributed by atoms with Gasteiger partial charge >= 0.3 is 0 Å². The van der Waals surface area contributed by atoms with E-state index < -0.39 is 23.3 Å². The zero-order valence-corrected chi connectivity index (χ0v) is 21.5. The van der Waals surface area contributed by atoms with Crippen LogP contribution in [0, 0.1) is 18.6 Å². The van der Waals surface area contributed by atoms with Gasteiger partial charge in [0.25, 0.3) is 5.91 Å². The van der Waals surface area contributed by atoms with Crippen molar-refractivity contribution < 1.29 is 23.4 Å². The van der Waals surface area contributed by atoms with E-state index in [-0.39, 0.29) is 35.3 Å². The van der Waals surface area contributed by atoms with Crippen LogP contribution in [-0.2, 0) is 16.9 Å². The molecule has 1 aromatic carbocycles. The quantitative estimate of drug-likeness (QED) is 0.391. The molecule has 4 heterocycles. The van der Waals surface area contributed by atoms with Gasteiger partial charge in [-0.1, -0.05) is 15.9 Å². The van der Waals surface area contributed by atoms with E-state index in [0.29, 0.717) is 27.1 Å². The standard InChI is InChI=1S/C25H22BrF2N5O3/c1-12-20(11-33-19-6-15(26)5-18(28)22(19)36-13(2)23(33)34)32-10-16(17(27)7-21(32)31-12)14-8-29-24(30-9-14)25(3,4)35/h5-10,13,35H,11H2,1-4H3/t13-/m1/s1. The van der Waals surface area contributed by atoms with Gasteiger partial charge in [0, 0.05) is 40.3 Å². The van der Waals surface area contributed by atoms with Gasteiger partial charge in [-0.15, -0.1) is 0 Å². The Bertz CT molecular complexity index is 1520. The summed E-state index contributed by atoms with van der Waals surface area (Å²) in [6.07, 6.45) is 3.57. The Kier molecular flexibility index (Phi) is 5.79. The Morgan fingerprint density at radius 1 is 1.17 bits per heavy atom. The Balaban J connectivity index is 1.60. The molecule has 1 N–H and O–H groups in total. The molecule has 0 spiro atoms. The fraction of sp³-hybridized carbons (Fsp3) is 0.280. The summed E-state index contributed by atoms with van der Waals surface area (Å²) in [6, 6.07) is 4.19. The molecule has 0 saturated heterocycles. The molecular weight excluding hydrogens is 536 g/mol. The molecule has 11 heteroatoms. The second-order valence-electron chi connectivity index (χ2n) is 9.18. The maximum Gasteiger partial charge on any atom is 0.268 e. The normalized spacial score (nSPS) is 15.8. The molecule has 0 radical (unpaired) electrons. The highest BCUT2D eigenvalue weighted by atomic mass is 79.9. The first kappa shape index (κ1) is 24.3. The van der Waals surface area contributed by atoms with Crippen LogP contribution in [-0.4, -0.2) is 36.5 Å². The topological polar surface area (TPSA) is 92.9 Å². The number of aliphatic hydroxyl groups is 1. The maximum absolute atomic E-state index is 15.1. The van der Waals surface area contributed by atoms with Crippen LogP contribution in [0.4, 0.5) is 14.5 Å². The third-order valence-electron chi connectivity index (χ3n) is 6.01. The molecule has 36 heavy (non-hydrogen) atoms. The van der Waals surface area contributed by atoms with Gasteiger partial charge in [-0.25, -0.2) is 23.7 Å². The smallest absolute Gasteiger partial charge is 0.268 e. The van der Waals surface area contributed by atoms with E-state index in [1.54, 1.807) is 44.4 Å². The van der Waals surface area contributed by atoms with E-state index in [2.05, 4.69) is 30.9 Å². The predicted octanol–water partition coefficient (Wildman–Crippen LogP) is 4.68. The molecule has 5 rings (SSSR count). The number of fused-ring (bicyclic) bond motifs is 2. The highest BCUT2D eigenvalue weighted by molar-refractivity contribution is 9.10. The van der Waals surface area contributed by atoms with Crippen LogP contribution in [0.1, 0.15) is 38.0 Å². The van der Waals surface area contributed by atoms with Crippen molar-refractivity contribution in [2.45, 2.75) is 45.9 Å². The van der Waals surface area contributed by atoms with Crippen molar-refractivity contribution in [2.75, 3.05) is 4.90 Å². The lowest BCUT2D eigenvalue weighted by Crippen LogP contribution is -2.44. The number of rotatable bonds is 4. The first-order valence-electron chi connectivity index (χ1n) is 11.1. The molecule has 0 fully saturated rings. The number of anilines is 1. The fourth-order valence-corrected chi connectivity index (χ4v) is 4.58. The number of imidazole rings is 1. The molecule has 1 aliphatic rings. The Hall–Kier alpha value is -3.44. The molecule has 0 saturated carbocycles. The number of carbonyl (C=O) groups excluding carboxylic acids is 1. The van der Waals surface area contributed by atoms with Gasteiger partial charge in [-0.2, -0.15) is 0 Å². The average Bonchev–Trinajstić information content (AvgIpc) is 3.10. The highest BCUT2D eigenvalue weighted by Crippen LogP contribution is 2.40. The van der Waals surface area contributed by atoms with Crippen molar-refractivity contribution in [1.82, 2.24) is 19.4 Å². The first-order valence-corrected chi connectivity index (χ1v) is 11.9. The van der Waals surface area contributed by atoms with Crippen molar-refractivity contribution in [1.29, 1.82) is 0 Å². The van der Waals surface area contributed by atoms with Crippen LogP contribution < -0.4 is 9.64 Å². The molecule has 4 aromatic rings. The second-order valence-corrected chi connectivity index (χ2v) is 10.1. The van der Waals surface area contributed by atoms with E-state index in [1.165, 1.54) is 29.4 Å². The first-order chi connectivity index (χ1) is 16.9. The lowest BCUT2D eigenvalue weighted by atomic mass is 10.1. The number of hydrogen-bond donors (Lipinski definition) is 1. The zero-order chi connectivity index (χ0) is 25.9. The number of benzene rings is 1. The SMILES string of the molecule is Cc1nc2cc(F)c(-c3cnc(C(C)(C)O)nc3)cn2c1CN1C(=O)[C@@H](C)Oc2c(F)cc(Br)cc21. The monoisotopic (exact) mass is 557 g/mol. The van der Waals surface area contributed by atoms with Crippen LogP contribution in [0.15, 0.2) is 41.3 Å². The number of pyridine rings is 1. The second kappa shape index (κ2) is 8.59. The zero-order valence-electron chi connectivity index (χ0n) is 19.9. The average molecular weight is 558 g/mol. The number of aromatic nitrogens is 4. The molecule has 8 nitrogen and oxygen atoms in total. The molecule has 0 bridgehead atoms. The van der Waals surface area contributed by atoms with E-state index in [0.717, 1.165) is 0 Å². The van der Waals surface area contributed by atoms with Crippen LogP contribution >= 0.6 is 15.9 Å². The lowest BCUT2D eigenvalue weighted by Gasteiger charge is -2.33. The number of ether oxygens (including phenoxy) is 1. The molecule has 186 valence electrons. The summed E-state index contributed by atoms with van der Waals surface area (Å²) in [6.45, 7) is 6.50. The third kappa shape index (κ3) is 4.11. The summed E-state index contributed by atoms with van der Waals surface area (Å²) >= 11 is 3.28. The number of aryl methyl sites for hydroxylation is 1. The Labute approximate surface area is 213 Å². The highest BCUT2D eigenvalue weighted by Gasteiger charge is 2.35. The van der Waals surface area contributed by atoms with E-state index in [4.69, 9.17) is 4.74 Å². The number of carbonyl (C=O) groups is 1. The third-order valence-corrected chi connectivity index (χ3v) is 6.47. The molecule has 3 aromatic heterocycles. The fourth-order valence-electron chi connectivity index (χ4n) is 4.16. The van der Waals surface area contributed by atoms with Crippen molar-refractivity contribution in [3.05, 3.63) is 70.1 Å².